The van der Waals surface area contributed by atoms with Gasteiger partial charge in [0, 0.05) is 43.4 Å². The minimum Gasteiger partial charge on any atom is -0.378 e. The van der Waals surface area contributed by atoms with E-state index >= 15 is 0 Å². The molecule has 1 amide bonds. The first kappa shape index (κ1) is 20.9. The number of benzene rings is 2. The maximum Gasteiger partial charge on any atom is 0.262 e. The van der Waals surface area contributed by atoms with Crippen molar-refractivity contribution < 1.29 is 4.79 Å². The standard InChI is InChI=1S/C25H26N4O/c1-18-14-21(19(2)29(18)24-12-10-23(11-13-24)28(3)4)15-22(16-26)25(30)27-17-20-8-6-5-7-9-20/h5-15H,17H2,1-4H3,(H,27,30)/b22-15+. The zero-order valence-electron chi connectivity index (χ0n) is 17.8. The summed E-state index contributed by atoms with van der Waals surface area (Å²) in [5.41, 5.74) is 6.13. The summed E-state index contributed by atoms with van der Waals surface area (Å²) in [5.74, 6) is -0.374. The van der Waals surface area contributed by atoms with Crippen LogP contribution in [0.5, 0.6) is 0 Å². The number of nitrogens with one attached hydrogen (secondary N) is 1. The van der Waals surface area contributed by atoms with Gasteiger partial charge in [0.15, 0.2) is 0 Å². The Morgan fingerprint density at radius 2 is 1.77 bits per heavy atom. The van der Waals surface area contributed by atoms with Gasteiger partial charge in [0.1, 0.15) is 11.6 Å². The minimum absolute atomic E-state index is 0.0918. The first-order valence-electron chi connectivity index (χ1n) is 9.81. The predicted octanol–water partition coefficient (Wildman–Crippen LogP) is 4.38. The summed E-state index contributed by atoms with van der Waals surface area (Å²) in [6, 6.07) is 22.0. The number of nitrogens with zero attached hydrogens (tertiary/aromatic N) is 3. The molecule has 152 valence electrons. The van der Waals surface area contributed by atoms with E-state index < -0.39 is 0 Å². The zero-order chi connectivity index (χ0) is 21.7. The number of anilines is 1. The molecule has 0 aliphatic rings. The van der Waals surface area contributed by atoms with Gasteiger partial charge in [-0.1, -0.05) is 30.3 Å². The molecule has 0 spiro atoms. The molecule has 1 heterocycles. The average molecular weight is 399 g/mol. The first-order chi connectivity index (χ1) is 14.4. The van der Waals surface area contributed by atoms with Crippen LogP contribution in [0.1, 0.15) is 22.5 Å². The lowest BCUT2D eigenvalue weighted by molar-refractivity contribution is -0.117. The molecule has 1 N–H and O–H groups in total. The van der Waals surface area contributed by atoms with E-state index in [2.05, 4.69) is 39.0 Å². The molecule has 30 heavy (non-hydrogen) atoms. The topological polar surface area (TPSA) is 61.1 Å². The molecule has 5 nitrogen and oxygen atoms in total. The van der Waals surface area contributed by atoms with Crippen molar-refractivity contribution in [3.63, 3.8) is 0 Å². The zero-order valence-corrected chi connectivity index (χ0v) is 17.8. The van der Waals surface area contributed by atoms with E-state index in [1.54, 1.807) is 6.08 Å². The number of hydrogen-bond acceptors (Lipinski definition) is 3. The van der Waals surface area contributed by atoms with Crippen LogP contribution in [0, 0.1) is 25.2 Å². The second kappa shape index (κ2) is 9.15. The Morgan fingerprint density at radius 1 is 1.10 bits per heavy atom. The van der Waals surface area contributed by atoms with Crippen LogP contribution in [0.2, 0.25) is 0 Å². The molecule has 1 aromatic heterocycles. The molecule has 5 heteroatoms. The fraction of sp³-hybridized carbons (Fsp3) is 0.200. The second-order valence-corrected chi connectivity index (χ2v) is 7.41. The summed E-state index contributed by atoms with van der Waals surface area (Å²) in [4.78, 5) is 14.6. The molecule has 0 aliphatic carbocycles. The highest BCUT2D eigenvalue weighted by Crippen LogP contribution is 2.24. The molecule has 0 aliphatic heterocycles. The van der Waals surface area contributed by atoms with E-state index in [0.717, 1.165) is 33.9 Å². The van der Waals surface area contributed by atoms with Crippen molar-refractivity contribution in [1.29, 1.82) is 5.26 Å². The van der Waals surface area contributed by atoms with Crippen LogP contribution >= 0.6 is 0 Å². The van der Waals surface area contributed by atoms with Crippen molar-refractivity contribution >= 4 is 17.7 Å². The minimum atomic E-state index is -0.374. The van der Waals surface area contributed by atoms with Crippen LogP contribution in [0.25, 0.3) is 11.8 Å². The van der Waals surface area contributed by atoms with Gasteiger partial charge in [0.05, 0.1) is 0 Å². The Hall–Kier alpha value is -3.78. The number of carbonyl (C=O) groups is 1. The number of amides is 1. The van der Waals surface area contributed by atoms with Crippen molar-refractivity contribution in [2.24, 2.45) is 0 Å². The Kier molecular flexibility index (Phi) is 6.38. The molecular weight excluding hydrogens is 372 g/mol. The third kappa shape index (κ3) is 4.61. The quantitative estimate of drug-likeness (QED) is 0.495. The number of nitriles is 1. The van der Waals surface area contributed by atoms with Crippen LogP contribution in [0.15, 0.2) is 66.2 Å². The van der Waals surface area contributed by atoms with Gasteiger partial charge in [-0.3, -0.25) is 4.79 Å². The number of rotatable bonds is 6. The van der Waals surface area contributed by atoms with Crippen LogP contribution in [0.3, 0.4) is 0 Å². The van der Waals surface area contributed by atoms with Gasteiger partial charge in [0.2, 0.25) is 0 Å². The fourth-order valence-corrected chi connectivity index (χ4v) is 3.41. The van der Waals surface area contributed by atoms with Crippen molar-refractivity contribution in [3.8, 4) is 11.8 Å². The van der Waals surface area contributed by atoms with Gasteiger partial charge in [-0.2, -0.15) is 5.26 Å². The summed E-state index contributed by atoms with van der Waals surface area (Å²) >= 11 is 0. The van der Waals surface area contributed by atoms with E-state index in [1.807, 2.05) is 70.4 Å². The average Bonchev–Trinajstić information content (AvgIpc) is 3.03. The summed E-state index contributed by atoms with van der Waals surface area (Å²) in [6.07, 6.45) is 1.66. The predicted molar refractivity (Wildman–Crippen MR) is 121 cm³/mol. The summed E-state index contributed by atoms with van der Waals surface area (Å²) in [7, 11) is 4.02. The lowest BCUT2D eigenvalue weighted by Gasteiger charge is -2.14. The molecule has 0 bridgehead atoms. The molecular formula is C25H26N4O. The molecule has 0 saturated heterocycles. The van der Waals surface area contributed by atoms with Gasteiger partial charge < -0.3 is 14.8 Å². The highest BCUT2D eigenvalue weighted by atomic mass is 16.1. The normalized spacial score (nSPS) is 11.1. The van der Waals surface area contributed by atoms with Crippen molar-refractivity contribution in [2.75, 3.05) is 19.0 Å². The van der Waals surface area contributed by atoms with Crippen molar-refractivity contribution in [1.82, 2.24) is 9.88 Å². The van der Waals surface area contributed by atoms with E-state index in [4.69, 9.17) is 0 Å². The second-order valence-electron chi connectivity index (χ2n) is 7.41. The molecule has 0 radical (unpaired) electrons. The fourth-order valence-electron chi connectivity index (χ4n) is 3.41. The van der Waals surface area contributed by atoms with Crippen molar-refractivity contribution in [3.05, 3.63) is 88.8 Å². The van der Waals surface area contributed by atoms with Crippen LogP contribution in [-0.2, 0) is 11.3 Å². The van der Waals surface area contributed by atoms with Crippen LogP contribution < -0.4 is 10.2 Å². The molecule has 0 saturated carbocycles. The Labute approximate surface area is 177 Å². The van der Waals surface area contributed by atoms with E-state index in [-0.39, 0.29) is 11.5 Å². The van der Waals surface area contributed by atoms with E-state index in [1.165, 1.54) is 0 Å². The molecule has 0 fully saturated rings. The lowest BCUT2D eigenvalue weighted by atomic mass is 10.1. The third-order valence-electron chi connectivity index (χ3n) is 5.06. The van der Waals surface area contributed by atoms with Crippen molar-refractivity contribution in [2.45, 2.75) is 20.4 Å². The van der Waals surface area contributed by atoms with E-state index in [0.29, 0.717) is 6.54 Å². The van der Waals surface area contributed by atoms with Gasteiger partial charge in [-0.05, 0) is 61.4 Å². The number of aromatic nitrogens is 1. The van der Waals surface area contributed by atoms with Crippen LogP contribution in [0.4, 0.5) is 5.69 Å². The number of hydrogen-bond donors (Lipinski definition) is 1. The Bertz CT molecular complexity index is 1100. The summed E-state index contributed by atoms with van der Waals surface area (Å²) < 4.78 is 2.13. The monoisotopic (exact) mass is 398 g/mol. The number of carbonyl (C=O) groups excluding carboxylic acids is 1. The molecule has 0 atom stereocenters. The van der Waals surface area contributed by atoms with Gasteiger partial charge in [-0.25, -0.2) is 0 Å². The third-order valence-corrected chi connectivity index (χ3v) is 5.06. The van der Waals surface area contributed by atoms with Gasteiger partial charge >= 0.3 is 0 Å². The van der Waals surface area contributed by atoms with Gasteiger partial charge in [0.25, 0.3) is 5.91 Å². The molecule has 3 rings (SSSR count). The molecule has 3 aromatic rings. The maximum atomic E-state index is 12.5. The smallest absolute Gasteiger partial charge is 0.262 e. The first-order valence-corrected chi connectivity index (χ1v) is 9.81. The summed E-state index contributed by atoms with van der Waals surface area (Å²) in [5, 5.41) is 12.3. The number of aryl methyl sites for hydroxylation is 1. The largest absolute Gasteiger partial charge is 0.378 e. The van der Waals surface area contributed by atoms with Gasteiger partial charge in [-0.15, -0.1) is 0 Å². The van der Waals surface area contributed by atoms with Crippen LogP contribution in [-0.4, -0.2) is 24.6 Å². The lowest BCUT2D eigenvalue weighted by Crippen LogP contribution is -2.23. The SMILES string of the molecule is Cc1cc(/C=C(\C#N)C(=O)NCc2ccccc2)c(C)n1-c1ccc(N(C)C)cc1. The van der Waals surface area contributed by atoms with E-state index in [9.17, 15) is 10.1 Å². The molecule has 2 aromatic carbocycles. The highest BCUT2D eigenvalue weighted by molar-refractivity contribution is 6.01. The summed E-state index contributed by atoms with van der Waals surface area (Å²) in [6.45, 7) is 4.40. The molecule has 0 unspecified atom stereocenters. The Morgan fingerprint density at radius 3 is 2.37 bits per heavy atom. The maximum absolute atomic E-state index is 12.5. The highest BCUT2D eigenvalue weighted by Gasteiger charge is 2.14. The Balaban J connectivity index is 1.84.